The fourth-order valence-electron chi connectivity index (χ4n) is 11.4. The molecule has 6 atom stereocenters. The van der Waals surface area contributed by atoms with Gasteiger partial charge in [0.15, 0.2) is 12.2 Å². The van der Waals surface area contributed by atoms with Crippen molar-refractivity contribution in [1.29, 1.82) is 0 Å². The van der Waals surface area contributed by atoms with Gasteiger partial charge in [0, 0.05) is 25.7 Å². The van der Waals surface area contributed by atoms with E-state index >= 15 is 0 Å². The van der Waals surface area contributed by atoms with Gasteiger partial charge < -0.3 is 33.8 Å². The van der Waals surface area contributed by atoms with Gasteiger partial charge in [0.1, 0.15) is 19.3 Å². The van der Waals surface area contributed by atoms with E-state index in [1.807, 2.05) is 0 Å². The highest BCUT2D eigenvalue weighted by Crippen LogP contribution is 2.45. The summed E-state index contributed by atoms with van der Waals surface area (Å²) in [5.74, 6) is 0.159. The topological polar surface area (TPSA) is 237 Å². The van der Waals surface area contributed by atoms with Gasteiger partial charge in [-0.2, -0.15) is 0 Å². The number of unbranched alkanes of at least 4 members (excludes halogenated alkanes) is 38. The summed E-state index contributed by atoms with van der Waals surface area (Å²) in [4.78, 5) is 72.9. The summed E-state index contributed by atoms with van der Waals surface area (Å²) in [7, 11) is -9.93. The van der Waals surface area contributed by atoms with Crippen LogP contribution in [0.1, 0.15) is 376 Å². The van der Waals surface area contributed by atoms with Crippen LogP contribution in [0.2, 0.25) is 0 Å². The molecule has 0 aliphatic carbocycles. The first-order valence-electron chi connectivity index (χ1n) is 39.7. The molecule has 0 aromatic rings. The molecule has 3 N–H and O–H groups in total. The first kappa shape index (κ1) is 94.5. The number of phosphoric ester groups is 2. The van der Waals surface area contributed by atoms with E-state index in [-0.39, 0.29) is 25.7 Å². The molecule has 0 aromatic carbocycles. The molecular weight excluding hydrogens is 1270 g/mol. The molecule has 97 heavy (non-hydrogen) atoms. The van der Waals surface area contributed by atoms with Crippen LogP contribution in [0.15, 0.2) is 24.3 Å². The third kappa shape index (κ3) is 70.4. The van der Waals surface area contributed by atoms with Gasteiger partial charge in [-0.1, -0.05) is 323 Å². The normalized spacial score (nSPS) is 14.5. The van der Waals surface area contributed by atoms with Crippen LogP contribution in [-0.2, 0) is 65.4 Å². The highest BCUT2D eigenvalue weighted by Gasteiger charge is 2.30. The molecular formula is C78H148O17P2. The molecule has 0 aromatic heterocycles. The summed E-state index contributed by atoms with van der Waals surface area (Å²) in [5.41, 5.74) is 0. The van der Waals surface area contributed by atoms with Crippen molar-refractivity contribution in [3.8, 4) is 0 Å². The first-order chi connectivity index (χ1) is 46.8. The number of carbonyl (C=O) groups excluding carboxylic acids is 4. The Balaban J connectivity index is 5.29. The Labute approximate surface area is 592 Å². The molecule has 17 nitrogen and oxygen atoms in total. The van der Waals surface area contributed by atoms with E-state index in [9.17, 15) is 43.2 Å². The minimum atomic E-state index is -4.97. The van der Waals surface area contributed by atoms with Gasteiger partial charge in [-0.05, 0) is 69.1 Å². The quantitative estimate of drug-likeness (QED) is 0.0169. The van der Waals surface area contributed by atoms with Crippen LogP contribution in [0.3, 0.4) is 0 Å². The van der Waals surface area contributed by atoms with Gasteiger partial charge in [-0.15, -0.1) is 0 Å². The van der Waals surface area contributed by atoms with Crippen LogP contribution in [0.5, 0.6) is 0 Å². The van der Waals surface area contributed by atoms with Gasteiger partial charge in [0.2, 0.25) is 0 Å². The van der Waals surface area contributed by atoms with Gasteiger partial charge in [-0.25, -0.2) is 9.13 Å². The van der Waals surface area contributed by atoms with Crippen LogP contribution in [0.25, 0.3) is 0 Å². The zero-order valence-electron chi connectivity index (χ0n) is 63.0. The summed E-state index contributed by atoms with van der Waals surface area (Å²) in [6.07, 6.45) is 57.7. The zero-order valence-corrected chi connectivity index (χ0v) is 64.8. The highest BCUT2D eigenvalue weighted by atomic mass is 31.2. The number of carbonyl (C=O) groups is 4. The molecule has 0 fully saturated rings. The van der Waals surface area contributed by atoms with E-state index in [2.05, 4.69) is 72.8 Å². The number of phosphoric acid groups is 2. The maximum atomic E-state index is 13.1. The monoisotopic (exact) mass is 1420 g/mol. The van der Waals surface area contributed by atoms with Crippen molar-refractivity contribution in [2.24, 2.45) is 17.8 Å². The van der Waals surface area contributed by atoms with E-state index in [0.717, 1.165) is 127 Å². The van der Waals surface area contributed by atoms with Crippen LogP contribution in [0.4, 0.5) is 0 Å². The number of aliphatic hydroxyl groups is 1. The number of hydrogen-bond donors (Lipinski definition) is 3. The molecule has 0 amide bonds. The molecule has 0 aliphatic heterocycles. The Bertz CT molecular complexity index is 1980. The molecule has 0 radical (unpaired) electrons. The second-order valence-corrected chi connectivity index (χ2v) is 31.5. The third-order valence-corrected chi connectivity index (χ3v) is 19.8. The fourth-order valence-corrected chi connectivity index (χ4v) is 13.0. The molecule has 0 saturated carbocycles. The zero-order chi connectivity index (χ0) is 71.6. The van der Waals surface area contributed by atoms with Crippen molar-refractivity contribution < 1.29 is 80.2 Å². The lowest BCUT2D eigenvalue weighted by molar-refractivity contribution is -0.161. The predicted octanol–water partition coefficient (Wildman–Crippen LogP) is 22.5. The van der Waals surface area contributed by atoms with Crippen molar-refractivity contribution in [3.63, 3.8) is 0 Å². The lowest BCUT2D eigenvalue weighted by Gasteiger charge is -2.21. The number of hydrogen-bond acceptors (Lipinski definition) is 15. The molecule has 0 aliphatic rings. The number of esters is 4. The van der Waals surface area contributed by atoms with E-state index in [0.29, 0.717) is 31.6 Å². The summed E-state index contributed by atoms with van der Waals surface area (Å²) < 4.78 is 68.5. The minimum absolute atomic E-state index is 0.100. The van der Waals surface area contributed by atoms with Crippen molar-refractivity contribution >= 4 is 39.5 Å². The summed E-state index contributed by atoms with van der Waals surface area (Å²) in [6.45, 7) is 11.8. The fraction of sp³-hybridized carbons (Fsp3) is 0.897. The molecule has 0 bridgehead atoms. The summed E-state index contributed by atoms with van der Waals surface area (Å²) >= 11 is 0. The molecule has 0 heterocycles. The van der Waals surface area contributed by atoms with E-state index in [1.54, 1.807) is 0 Å². The predicted molar refractivity (Wildman–Crippen MR) is 395 cm³/mol. The molecule has 0 rings (SSSR count). The van der Waals surface area contributed by atoms with Crippen LogP contribution in [0, 0.1) is 17.8 Å². The highest BCUT2D eigenvalue weighted by molar-refractivity contribution is 7.47. The number of ether oxygens (including phenoxy) is 4. The molecule has 0 saturated heterocycles. The molecule has 19 heteroatoms. The molecule has 572 valence electrons. The SMILES string of the molecule is CCCCCC/C=C\C=C/CCCCCCCC(=O)OC[C@H](COP(=O)(O)OCC(O)COP(=O)(O)OC[C@@H](COC(=O)CCCCCCCCCC(C)C)OC(=O)CCCCCCCCCCCCC(C)CC)OC(=O)CCCCCCCCCCCCCCCCCC(C)C. The Kier molecular flexibility index (Phi) is 66.3. The average Bonchev–Trinajstić information content (AvgIpc) is 2.20. The van der Waals surface area contributed by atoms with Gasteiger partial charge in [0.25, 0.3) is 0 Å². The number of allylic oxidation sites excluding steroid dienone is 4. The summed E-state index contributed by atoms with van der Waals surface area (Å²) in [6, 6.07) is 0. The second-order valence-electron chi connectivity index (χ2n) is 28.6. The maximum Gasteiger partial charge on any atom is 0.472 e. The lowest BCUT2D eigenvalue weighted by atomic mass is 9.99. The Hall–Kier alpha value is -2.46. The van der Waals surface area contributed by atoms with Crippen LogP contribution < -0.4 is 0 Å². The number of rotatable bonds is 74. The Morgan fingerprint density at radius 1 is 0.340 bits per heavy atom. The van der Waals surface area contributed by atoms with E-state index in [4.69, 9.17) is 37.0 Å². The lowest BCUT2D eigenvalue weighted by Crippen LogP contribution is -2.30. The van der Waals surface area contributed by atoms with Gasteiger partial charge in [-0.3, -0.25) is 37.3 Å². The largest absolute Gasteiger partial charge is 0.472 e. The first-order valence-corrected chi connectivity index (χ1v) is 42.7. The Morgan fingerprint density at radius 2 is 0.608 bits per heavy atom. The van der Waals surface area contributed by atoms with Crippen LogP contribution >= 0.6 is 15.6 Å². The van der Waals surface area contributed by atoms with Crippen molar-refractivity contribution in [2.45, 2.75) is 394 Å². The molecule has 4 unspecified atom stereocenters. The Morgan fingerprint density at radius 3 is 0.918 bits per heavy atom. The van der Waals surface area contributed by atoms with Gasteiger partial charge >= 0.3 is 39.5 Å². The summed E-state index contributed by atoms with van der Waals surface area (Å²) in [5, 5.41) is 10.6. The van der Waals surface area contributed by atoms with E-state index in [1.165, 1.54) is 161 Å². The minimum Gasteiger partial charge on any atom is -0.462 e. The van der Waals surface area contributed by atoms with Crippen LogP contribution in [-0.4, -0.2) is 96.7 Å². The van der Waals surface area contributed by atoms with Crippen molar-refractivity contribution in [2.75, 3.05) is 39.6 Å². The standard InChI is InChI=1S/C78H148O17P2/c1-8-10-11-12-13-14-15-16-18-22-25-31-38-45-52-59-75(80)88-65-73(94-77(82)61-54-47-39-32-26-23-20-17-19-21-24-29-35-42-49-56-69(3)4)67-92-96(84,85)90-63-72(79)64-91-97(86,87)93-68-74(66-89-76(81)60-53-46-41-34-36-43-50-57-70(5)6)95-78(83)62-55-48-40-33-28-27-30-37-44-51-58-71(7)9-2/h14-16,18,69-74,79H,8-13,17,19-68H2,1-7H3,(H,84,85)(H,86,87)/b15-14-,18-16-/t71?,72?,73-,74-/m1/s1. The second kappa shape index (κ2) is 68.0. The van der Waals surface area contributed by atoms with Crippen molar-refractivity contribution in [1.82, 2.24) is 0 Å². The number of aliphatic hydroxyl groups excluding tert-OH is 1. The van der Waals surface area contributed by atoms with Crippen molar-refractivity contribution in [3.05, 3.63) is 24.3 Å². The average molecular weight is 1420 g/mol. The van der Waals surface area contributed by atoms with Gasteiger partial charge in [0.05, 0.1) is 26.4 Å². The molecule has 0 spiro atoms. The third-order valence-electron chi connectivity index (χ3n) is 17.9. The smallest absolute Gasteiger partial charge is 0.462 e. The van der Waals surface area contributed by atoms with E-state index < -0.39 is 97.5 Å². The maximum absolute atomic E-state index is 13.1.